The Morgan fingerprint density at radius 2 is 2.06 bits per heavy atom. The Hall–Kier alpha value is -0.750. The molecule has 1 aliphatic rings. The Kier molecular flexibility index (Phi) is 6.49. The van der Waals surface area contributed by atoms with Crippen LogP contribution >= 0.6 is 11.8 Å². The van der Waals surface area contributed by atoms with E-state index < -0.39 is 6.04 Å². The highest BCUT2D eigenvalue weighted by atomic mass is 32.2. The summed E-state index contributed by atoms with van der Waals surface area (Å²) in [5.41, 5.74) is 5.81. The number of hydrogen-bond donors (Lipinski definition) is 2. The van der Waals surface area contributed by atoms with Crippen LogP contribution in [-0.2, 0) is 9.59 Å². The molecule has 1 heterocycles. The van der Waals surface area contributed by atoms with Crippen molar-refractivity contribution in [3.8, 4) is 0 Å². The van der Waals surface area contributed by atoms with Gasteiger partial charge in [-0.05, 0) is 31.3 Å². The van der Waals surface area contributed by atoms with E-state index in [0.29, 0.717) is 6.42 Å². The van der Waals surface area contributed by atoms with Gasteiger partial charge in [0.2, 0.25) is 11.8 Å². The zero-order valence-electron chi connectivity index (χ0n) is 11.1. The van der Waals surface area contributed by atoms with Crippen LogP contribution in [0.1, 0.15) is 26.2 Å². The molecule has 1 atom stereocenters. The fraction of sp³-hybridized carbons (Fsp3) is 0.833. The van der Waals surface area contributed by atoms with Crippen LogP contribution in [0.3, 0.4) is 0 Å². The first-order valence-electron chi connectivity index (χ1n) is 6.35. The summed E-state index contributed by atoms with van der Waals surface area (Å²) in [6.07, 6.45) is 4.35. The van der Waals surface area contributed by atoms with E-state index in [1.54, 1.807) is 18.7 Å². The Labute approximate surface area is 113 Å². The standard InChI is InChI=1S/C12H23N3O2S/c1-9(16)15-6-3-10(4-7-15)14-12(17)11(13)5-8-18-2/h10-11H,3-8,13H2,1-2H3,(H,14,17)/t11-/m1/s1. The van der Waals surface area contributed by atoms with Gasteiger partial charge in [0.15, 0.2) is 0 Å². The molecule has 1 saturated heterocycles. The predicted molar refractivity (Wildman–Crippen MR) is 74.4 cm³/mol. The summed E-state index contributed by atoms with van der Waals surface area (Å²) < 4.78 is 0. The first kappa shape index (κ1) is 15.3. The summed E-state index contributed by atoms with van der Waals surface area (Å²) in [5, 5.41) is 2.98. The van der Waals surface area contributed by atoms with Crippen molar-refractivity contribution in [2.45, 2.75) is 38.3 Å². The van der Waals surface area contributed by atoms with Gasteiger partial charge in [0.05, 0.1) is 6.04 Å². The maximum Gasteiger partial charge on any atom is 0.237 e. The second kappa shape index (κ2) is 7.63. The van der Waals surface area contributed by atoms with Crippen LogP contribution < -0.4 is 11.1 Å². The third kappa shape index (κ3) is 4.86. The summed E-state index contributed by atoms with van der Waals surface area (Å²) >= 11 is 1.69. The molecule has 0 radical (unpaired) electrons. The Morgan fingerprint density at radius 3 is 2.56 bits per heavy atom. The second-order valence-electron chi connectivity index (χ2n) is 4.68. The van der Waals surface area contributed by atoms with Crippen molar-refractivity contribution in [1.29, 1.82) is 0 Å². The van der Waals surface area contributed by atoms with Crippen molar-refractivity contribution in [3.63, 3.8) is 0 Å². The van der Waals surface area contributed by atoms with Crippen LogP contribution in [0.5, 0.6) is 0 Å². The van der Waals surface area contributed by atoms with Gasteiger partial charge in [0.25, 0.3) is 0 Å². The van der Waals surface area contributed by atoms with E-state index in [4.69, 9.17) is 5.73 Å². The molecule has 1 fully saturated rings. The molecule has 0 spiro atoms. The minimum Gasteiger partial charge on any atom is -0.352 e. The number of piperidine rings is 1. The molecule has 0 bridgehead atoms. The van der Waals surface area contributed by atoms with Crippen molar-refractivity contribution < 1.29 is 9.59 Å². The molecule has 18 heavy (non-hydrogen) atoms. The molecule has 0 aromatic heterocycles. The van der Waals surface area contributed by atoms with Crippen LogP contribution in [0.2, 0.25) is 0 Å². The fourth-order valence-electron chi connectivity index (χ4n) is 2.02. The first-order valence-corrected chi connectivity index (χ1v) is 7.74. The van der Waals surface area contributed by atoms with Gasteiger partial charge in [-0.25, -0.2) is 0 Å². The number of amides is 2. The Balaban J connectivity index is 2.27. The highest BCUT2D eigenvalue weighted by Crippen LogP contribution is 2.10. The maximum atomic E-state index is 11.8. The summed E-state index contributed by atoms with van der Waals surface area (Å²) in [4.78, 5) is 24.8. The number of hydrogen-bond acceptors (Lipinski definition) is 4. The van der Waals surface area contributed by atoms with Crippen molar-refractivity contribution in [2.24, 2.45) is 5.73 Å². The third-order valence-corrected chi connectivity index (χ3v) is 3.90. The van der Waals surface area contributed by atoms with Crippen LogP contribution in [0, 0.1) is 0 Å². The molecule has 2 amide bonds. The van der Waals surface area contributed by atoms with Gasteiger partial charge in [0.1, 0.15) is 0 Å². The van der Waals surface area contributed by atoms with Crippen LogP contribution in [-0.4, -0.2) is 53.9 Å². The summed E-state index contributed by atoms with van der Waals surface area (Å²) in [6, 6.07) is -0.253. The smallest absolute Gasteiger partial charge is 0.237 e. The lowest BCUT2D eigenvalue weighted by Gasteiger charge is -2.32. The monoisotopic (exact) mass is 273 g/mol. The lowest BCUT2D eigenvalue weighted by Crippen LogP contribution is -2.50. The van der Waals surface area contributed by atoms with Gasteiger partial charge < -0.3 is 16.0 Å². The van der Waals surface area contributed by atoms with E-state index in [9.17, 15) is 9.59 Å². The van der Waals surface area contributed by atoms with Crippen molar-refractivity contribution in [1.82, 2.24) is 10.2 Å². The molecule has 0 saturated carbocycles. The number of nitrogens with two attached hydrogens (primary N) is 1. The van der Waals surface area contributed by atoms with Crippen molar-refractivity contribution in [2.75, 3.05) is 25.1 Å². The lowest BCUT2D eigenvalue weighted by molar-refractivity contribution is -0.130. The number of nitrogens with zero attached hydrogens (tertiary/aromatic N) is 1. The SMILES string of the molecule is CSCC[C@@H](N)C(=O)NC1CCN(C(C)=O)CC1. The molecule has 0 aromatic rings. The van der Waals surface area contributed by atoms with E-state index in [-0.39, 0.29) is 17.9 Å². The predicted octanol–water partition coefficient (Wildman–Crippen LogP) is 0.194. The highest BCUT2D eigenvalue weighted by Gasteiger charge is 2.23. The highest BCUT2D eigenvalue weighted by molar-refractivity contribution is 7.98. The topological polar surface area (TPSA) is 75.4 Å². The number of likely N-dealkylation sites (tertiary alicyclic amines) is 1. The van der Waals surface area contributed by atoms with Crippen LogP contribution in [0.15, 0.2) is 0 Å². The zero-order chi connectivity index (χ0) is 13.5. The molecular weight excluding hydrogens is 250 g/mol. The second-order valence-corrected chi connectivity index (χ2v) is 5.66. The summed E-state index contributed by atoms with van der Waals surface area (Å²) in [5.74, 6) is 0.943. The number of nitrogens with one attached hydrogen (secondary N) is 1. The molecule has 5 nitrogen and oxygen atoms in total. The van der Waals surface area contributed by atoms with E-state index >= 15 is 0 Å². The van der Waals surface area contributed by atoms with Gasteiger partial charge in [-0.1, -0.05) is 0 Å². The Morgan fingerprint density at radius 1 is 1.44 bits per heavy atom. The lowest BCUT2D eigenvalue weighted by atomic mass is 10.0. The van der Waals surface area contributed by atoms with Crippen molar-refractivity contribution in [3.05, 3.63) is 0 Å². The molecule has 1 aliphatic heterocycles. The quantitative estimate of drug-likeness (QED) is 0.750. The summed E-state index contributed by atoms with van der Waals surface area (Å²) in [7, 11) is 0. The molecule has 3 N–H and O–H groups in total. The van der Waals surface area contributed by atoms with Gasteiger partial charge in [-0.15, -0.1) is 0 Å². The zero-order valence-corrected chi connectivity index (χ0v) is 12.0. The molecular formula is C12H23N3O2S. The van der Waals surface area contributed by atoms with E-state index in [1.807, 2.05) is 11.2 Å². The molecule has 0 unspecified atom stereocenters. The van der Waals surface area contributed by atoms with E-state index in [1.165, 1.54) is 0 Å². The molecule has 0 aromatic carbocycles. The maximum absolute atomic E-state index is 11.8. The van der Waals surface area contributed by atoms with Gasteiger partial charge in [-0.2, -0.15) is 11.8 Å². The number of thioether (sulfide) groups is 1. The van der Waals surface area contributed by atoms with Gasteiger partial charge in [0, 0.05) is 26.1 Å². The molecule has 6 heteroatoms. The number of carbonyl (C=O) groups excluding carboxylic acids is 2. The van der Waals surface area contributed by atoms with Crippen LogP contribution in [0.4, 0.5) is 0 Å². The average molecular weight is 273 g/mol. The van der Waals surface area contributed by atoms with Gasteiger partial charge in [-0.3, -0.25) is 9.59 Å². The minimum atomic E-state index is -0.414. The first-order chi connectivity index (χ1) is 8.54. The van der Waals surface area contributed by atoms with E-state index in [2.05, 4.69) is 5.32 Å². The fourth-order valence-corrected chi connectivity index (χ4v) is 2.51. The van der Waals surface area contributed by atoms with Crippen LogP contribution in [0.25, 0.3) is 0 Å². The Bertz CT molecular complexity index is 291. The molecule has 1 rings (SSSR count). The molecule has 104 valence electrons. The van der Waals surface area contributed by atoms with Gasteiger partial charge >= 0.3 is 0 Å². The third-order valence-electron chi connectivity index (χ3n) is 3.26. The summed E-state index contributed by atoms with van der Waals surface area (Å²) in [6.45, 7) is 3.03. The normalized spacial score (nSPS) is 18.5. The molecule has 0 aliphatic carbocycles. The number of carbonyl (C=O) groups is 2. The average Bonchev–Trinajstić information content (AvgIpc) is 2.36. The minimum absolute atomic E-state index is 0.0645. The largest absolute Gasteiger partial charge is 0.352 e. The number of rotatable bonds is 5. The van der Waals surface area contributed by atoms with Crippen molar-refractivity contribution >= 4 is 23.6 Å². The van der Waals surface area contributed by atoms with E-state index in [0.717, 1.165) is 31.7 Å².